The first kappa shape index (κ1) is 12.5. The minimum atomic E-state index is 0.615. The van der Waals surface area contributed by atoms with E-state index in [2.05, 4.69) is 42.8 Å². The molecule has 2 aromatic rings. The van der Waals surface area contributed by atoms with Crippen LogP contribution in [0.15, 0.2) is 24.4 Å². The van der Waals surface area contributed by atoms with Gasteiger partial charge in [0.05, 0.1) is 0 Å². The van der Waals surface area contributed by atoms with Crippen LogP contribution < -0.4 is 5.73 Å². The van der Waals surface area contributed by atoms with Gasteiger partial charge in [0.15, 0.2) is 0 Å². The van der Waals surface area contributed by atoms with Crippen LogP contribution in [0.2, 0.25) is 0 Å². The van der Waals surface area contributed by atoms with Crippen molar-refractivity contribution in [2.75, 3.05) is 5.75 Å². The highest BCUT2D eigenvalue weighted by atomic mass is 32.2. The number of nitrogens with two attached hydrogens (primary N) is 1. The molecule has 0 unspecified atom stereocenters. The minimum absolute atomic E-state index is 0.615. The molecule has 1 aromatic heterocycles. The lowest BCUT2D eigenvalue weighted by molar-refractivity contribution is 0.794. The van der Waals surface area contributed by atoms with Crippen LogP contribution in [0.3, 0.4) is 0 Å². The quantitative estimate of drug-likeness (QED) is 0.879. The Morgan fingerprint density at radius 3 is 2.76 bits per heavy atom. The van der Waals surface area contributed by atoms with Gasteiger partial charge in [-0.25, -0.2) is 0 Å². The summed E-state index contributed by atoms with van der Waals surface area (Å²) in [6.45, 7) is 6.02. The molecule has 0 saturated heterocycles. The van der Waals surface area contributed by atoms with Crippen molar-refractivity contribution in [3.63, 3.8) is 0 Å². The number of aryl methyl sites for hydroxylation is 1. The molecule has 2 N–H and O–H groups in total. The number of aromatic nitrogens is 1. The topological polar surface area (TPSA) is 30.9 Å². The summed E-state index contributed by atoms with van der Waals surface area (Å²) in [6, 6.07) is 6.58. The summed E-state index contributed by atoms with van der Waals surface area (Å²) in [5.74, 6) is 2.27. The fourth-order valence-corrected chi connectivity index (χ4v) is 2.78. The van der Waals surface area contributed by atoms with Gasteiger partial charge in [0.25, 0.3) is 0 Å². The van der Waals surface area contributed by atoms with Gasteiger partial charge in [0, 0.05) is 35.9 Å². The van der Waals surface area contributed by atoms with Crippen LogP contribution in [0.5, 0.6) is 0 Å². The molecule has 17 heavy (non-hydrogen) atoms. The maximum absolute atomic E-state index is 5.71. The molecule has 2 nitrogen and oxygen atoms in total. The first-order valence-electron chi connectivity index (χ1n) is 6.18. The lowest BCUT2D eigenvalue weighted by Crippen LogP contribution is -1.97. The number of hydrogen-bond donors (Lipinski definition) is 1. The molecular formula is C14H20N2S. The lowest BCUT2D eigenvalue weighted by atomic mass is 10.1. The first-order chi connectivity index (χ1) is 8.30. The molecule has 92 valence electrons. The highest BCUT2D eigenvalue weighted by Crippen LogP contribution is 2.26. The smallest absolute Gasteiger partial charge is 0.0486 e. The Morgan fingerprint density at radius 2 is 2.12 bits per heavy atom. The van der Waals surface area contributed by atoms with Crippen LogP contribution in [0, 0.1) is 0 Å². The third-order valence-electron chi connectivity index (χ3n) is 3.07. The van der Waals surface area contributed by atoms with Crippen molar-refractivity contribution in [3.05, 3.63) is 35.5 Å². The van der Waals surface area contributed by atoms with Gasteiger partial charge in [0.1, 0.15) is 0 Å². The number of fused-ring (bicyclic) bond motifs is 1. The largest absolute Gasteiger partial charge is 0.347 e. The zero-order valence-corrected chi connectivity index (χ0v) is 11.4. The van der Waals surface area contributed by atoms with Crippen LogP contribution in [-0.4, -0.2) is 10.3 Å². The van der Waals surface area contributed by atoms with E-state index in [1.165, 1.54) is 27.8 Å². The summed E-state index contributed by atoms with van der Waals surface area (Å²) < 4.78 is 2.32. The zero-order valence-electron chi connectivity index (χ0n) is 10.6. The Bertz CT molecular complexity index is 502. The molecule has 3 heteroatoms. The van der Waals surface area contributed by atoms with Crippen LogP contribution >= 0.6 is 11.8 Å². The molecular weight excluding hydrogens is 228 g/mol. The second-order valence-electron chi connectivity index (χ2n) is 4.13. The lowest BCUT2D eigenvalue weighted by Gasteiger charge is -2.02. The molecule has 0 fully saturated rings. The molecule has 0 aliphatic carbocycles. The number of thioether (sulfide) groups is 1. The van der Waals surface area contributed by atoms with E-state index in [0.717, 1.165) is 12.3 Å². The summed E-state index contributed by atoms with van der Waals surface area (Å²) in [7, 11) is 0. The van der Waals surface area contributed by atoms with Crippen molar-refractivity contribution >= 4 is 22.7 Å². The van der Waals surface area contributed by atoms with Crippen molar-refractivity contribution in [1.29, 1.82) is 0 Å². The Morgan fingerprint density at radius 1 is 1.29 bits per heavy atom. The predicted molar refractivity (Wildman–Crippen MR) is 77.3 cm³/mol. The molecule has 0 aliphatic rings. The average molecular weight is 248 g/mol. The summed E-state index contributed by atoms with van der Waals surface area (Å²) in [5.41, 5.74) is 9.68. The van der Waals surface area contributed by atoms with Crippen LogP contribution in [0.4, 0.5) is 0 Å². The van der Waals surface area contributed by atoms with Crippen molar-refractivity contribution < 1.29 is 0 Å². The molecule has 0 saturated carbocycles. The Balaban J connectivity index is 2.48. The van der Waals surface area contributed by atoms with E-state index in [-0.39, 0.29) is 0 Å². The molecule has 0 radical (unpaired) electrons. The van der Waals surface area contributed by atoms with Gasteiger partial charge in [-0.15, -0.1) is 0 Å². The van der Waals surface area contributed by atoms with Crippen LogP contribution in [0.25, 0.3) is 10.9 Å². The second kappa shape index (κ2) is 5.61. The monoisotopic (exact) mass is 248 g/mol. The van der Waals surface area contributed by atoms with E-state index >= 15 is 0 Å². The molecule has 0 aliphatic heterocycles. The molecule has 1 heterocycles. The Kier molecular flexibility index (Phi) is 4.13. The fourth-order valence-electron chi connectivity index (χ4n) is 2.13. The highest BCUT2D eigenvalue weighted by molar-refractivity contribution is 7.98. The second-order valence-corrected chi connectivity index (χ2v) is 5.41. The Hall–Kier alpha value is -0.930. The third-order valence-corrected chi connectivity index (χ3v) is 3.99. The maximum atomic E-state index is 5.71. The molecule has 0 spiro atoms. The van der Waals surface area contributed by atoms with Crippen molar-refractivity contribution in [1.82, 2.24) is 4.57 Å². The first-order valence-corrected chi connectivity index (χ1v) is 7.34. The molecule has 1 aromatic carbocycles. The van der Waals surface area contributed by atoms with E-state index in [9.17, 15) is 0 Å². The van der Waals surface area contributed by atoms with E-state index in [1.54, 1.807) is 0 Å². The predicted octanol–water partition coefficient (Wildman–Crippen LogP) is 3.37. The SMILES string of the molecule is CCSCc1cn(CC)c2cc(CN)ccc12. The molecule has 2 rings (SSSR count). The van der Waals surface area contributed by atoms with Gasteiger partial charge in [-0.2, -0.15) is 11.8 Å². The number of rotatable bonds is 5. The summed E-state index contributed by atoms with van der Waals surface area (Å²) in [4.78, 5) is 0. The van der Waals surface area contributed by atoms with Gasteiger partial charge in [0.2, 0.25) is 0 Å². The van der Waals surface area contributed by atoms with E-state index in [1.807, 2.05) is 11.8 Å². The number of nitrogens with zero attached hydrogens (tertiary/aromatic N) is 1. The minimum Gasteiger partial charge on any atom is -0.347 e. The zero-order chi connectivity index (χ0) is 12.3. The standard InChI is InChI=1S/C14H20N2S/c1-3-16-9-12(10-17-4-2)13-6-5-11(8-15)7-14(13)16/h5-7,9H,3-4,8,10,15H2,1-2H3. The highest BCUT2D eigenvalue weighted by Gasteiger charge is 2.07. The van der Waals surface area contributed by atoms with Gasteiger partial charge in [-0.05, 0) is 29.9 Å². The van der Waals surface area contributed by atoms with Gasteiger partial charge in [-0.1, -0.05) is 19.1 Å². The van der Waals surface area contributed by atoms with Crippen LogP contribution in [-0.2, 0) is 18.8 Å². The van der Waals surface area contributed by atoms with E-state index in [0.29, 0.717) is 6.54 Å². The summed E-state index contributed by atoms with van der Waals surface area (Å²) in [6.07, 6.45) is 2.29. The fraction of sp³-hybridized carbons (Fsp3) is 0.429. The van der Waals surface area contributed by atoms with Gasteiger partial charge < -0.3 is 10.3 Å². The van der Waals surface area contributed by atoms with Crippen molar-refractivity contribution in [2.45, 2.75) is 32.7 Å². The number of hydrogen-bond acceptors (Lipinski definition) is 2. The molecule has 0 atom stereocenters. The normalized spacial score (nSPS) is 11.2. The average Bonchev–Trinajstić information content (AvgIpc) is 2.73. The van der Waals surface area contributed by atoms with Gasteiger partial charge in [-0.3, -0.25) is 0 Å². The summed E-state index contributed by atoms with van der Waals surface area (Å²) in [5, 5.41) is 1.38. The molecule has 0 bridgehead atoms. The van der Waals surface area contributed by atoms with E-state index in [4.69, 9.17) is 5.73 Å². The van der Waals surface area contributed by atoms with Crippen molar-refractivity contribution in [2.24, 2.45) is 5.73 Å². The van der Waals surface area contributed by atoms with Gasteiger partial charge >= 0.3 is 0 Å². The third kappa shape index (κ3) is 2.50. The van der Waals surface area contributed by atoms with Crippen molar-refractivity contribution in [3.8, 4) is 0 Å². The molecule has 0 amide bonds. The maximum Gasteiger partial charge on any atom is 0.0486 e. The van der Waals surface area contributed by atoms with Crippen LogP contribution in [0.1, 0.15) is 25.0 Å². The summed E-state index contributed by atoms with van der Waals surface area (Å²) >= 11 is 1.97. The number of benzene rings is 1. The Labute approximate surface area is 107 Å². The van der Waals surface area contributed by atoms with E-state index < -0.39 is 0 Å².